The zero-order valence-corrected chi connectivity index (χ0v) is 26.3. The van der Waals surface area contributed by atoms with Crippen LogP contribution in [0, 0.1) is 25.9 Å². The second kappa shape index (κ2) is 11.7. The van der Waals surface area contributed by atoms with Gasteiger partial charge < -0.3 is 14.4 Å². The zero-order chi connectivity index (χ0) is 30.4. The Balaban J connectivity index is 0.000000194. The molecule has 0 unspecified atom stereocenters. The van der Waals surface area contributed by atoms with Crippen molar-refractivity contribution in [1.82, 2.24) is 15.0 Å². The molecule has 0 aliphatic rings. The van der Waals surface area contributed by atoms with Crippen LogP contribution in [0.5, 0.6) is 0 Å². The van der Waals surface area contributed by atoms with Crippen LogP contribution < -0.4 is 0 Å². The van der Waals surface area contributed by atoms with E-state index in [1.165, 1.54) is 11.8 Å². The van der Waals surface area contributed by atoms with Gasteiger partial charge in [-0.25, -0.2) is 4.98 Å². The molecule has 207 valence electrons. The van der Waals surface area contributed by atoms with Gasteiger partial charge in [0.15, 0.2) is 0 Å². The molecule has 0 amide bonds. The Kier molecular flexibility index (Phi) is 7.12. The summed E-state index contributed by atoms with van der Waals surface area (Å²) in [6.07, 6.45) is 3.26. The van der Waals surface area contributed by atoms with Gasteiger partial charge in [0.25, 0.3) is 0 Å². The van der Waals surface area contributed by atoms with E-state index < -0.39 is 6.85 Å². The van der Waals surface area contributed by atoms with Crippen LogP contribution in [0.4, 0.5) is 0 Å². The third kappa shape index (κ3) is 5.87. The molecule has 0 fully saturated rings. The van der Waals surface area contributed by atoms with Gasteiger partial charge in [-0.3, -0.25) is 0 Å². The summed E-state index contributed by atoms with van der Waals surface area (Å²) in [5.74, 6) is 0. The van der Waals surface area contributed by atoms with Crippen LogP contribution in [0.2, 0.25) is 0 Å². The predicted molar refractivity (Wildman–Crippen MR) is 166 cm³/mol. The molecule has 41 heavy (non-hydrogen) atoms. The molecule has 6 heteroatoms. The summed E-state index contributed by atoms with van der Waals surface area (Å²) in [5, 5.41) is 3.21. The van der Waals surface area contributed by atoms with Crippen LogP contribution in [0.1, 0.15) is 41.0 Å². The molecule has 4 nitrogen and oxygen atoms in total. The molecule has 7 rings (SSSR count). The van der Waals surface area contributed by atoms with Gasteiger partial charge in [-0.2, -0.15) is 0 Å². The van der Waals surface area contributed by atoms with Crippen molar-refractivity contribution in [3.63, 3.8) is 0 Å². The fourth-order valence-electron chi connectivity index (χ4n) is 4.63. The number of furan rings is 1. The molecule has 7 aromatic rings. The summed E-state index contributed by atoms with van der Waals surface area (Å²) in [4.78, 5) is 13.4. The number of pyridine rings is 2. The minimum absolute atomic E-state index is 0. The molecule has 1 radical (unpaired) electrons. The topological polar surface area (TPSA) is 51.8 Å². The number of rotatable bonds is 2. The molecule has 0 atom stereocenters. The van der Waals surface area contributed by atoms with Crippen molar-refractivity contribution in [2.75, 3.05) is 0 Å². The molecule has 0 saturated heterocycles. The van der Waals surface area contributed by atoms with E-state index in [0.717, 1.165) is 59.7 Å². The Morgan fingerprint density at radius 2 is 1.73 bits per heavy atom. The van der Waals surface area contributed by atoms with Crippen LogP contribution in [-0.2, 0) is 25.5 Å². The molecule has 4 heterocycles. The number of thiazole rings is 1. The fraction of sp³-hybridized carbons (Fsp3) is 0.171. The van der Waals surface area contributed by atoms with Gasteiger partial charge in [-0.05, 0) is 53.8 Å². The Labute approximate surface area is 262 Å². The molecule has 0 aliphatic heterocycles. The number of aromatic nitrogens is 3. The molecule has 0 N–H and O–H groups in total. The van der Waals surface area contributed by atoms with Crippen molar-refractivity contribution in [2.45, 2.75) is 40.0 Å². The third-order valence-electron chi connectivity index (χ3n) is 6.70. The first-order chi connectivity index (χ1) is 20.5. The van der Waals surface area contributed by atoms with Gasteiger partial charge in [0.2, 0.25) is 0 Å². The van der Waals surface area contributed by atoms with Crippen molar-refractivity contribution in [2.24, 2.45) is 0 Å². The maximum atomic E-state index is 7.23. The van der Waals surface area contributed by atoms with Crippen molar-refractivity contribution in [3.8, 4) is 22.5 Å². The van der Waals surface area contributed by atoms with Gasteiger partial charge in [-0.1, -0.05) is 56.0 Å². The van der Waals surface area contributed by atoms with E-state index >= 15 is 0 Å². The number of hydrogen-bond acceptors (Lipinski definition) is 5. The van der Waals surface area contributed by atoms with Crippen molar-refractivity contribution < 1.29 is 28.6 Å². The number of benzene rings is 3. The van der Waals surface area contributed by atoms with E-state index in [0.29, 0.717) is 0 Å². The van der Waals surface area contributed by atoms with Gasteiger partial charge in [-0.15, -0.1) is 65.4 Å². The van der Waals surface area contributed by atoms with Crippen LogP contribution in [0.3, 0.4) is 0 Å². The van der Waals surface area contributed by atoms with E-state index in [2.05, 4.69) is 78.2 Å². The fourth-order valence-corrected chi connectivity index (χ4v) is 5.46. The van der Waals surface area contributed by atoms with Gasteiger partial charge in [0.1, 0.15) is 11.1 Å². The summed E-state index contributed by atoms with van der Waals surface area (Å²) in [6.45, 7) is 6.56. The van der Waals surface area contributed by atoms with E-state index in [1.807, 2.05) is 37.4 Å². The Hall–Kier alpha value is -3.70. The maximum Gasteiger partial charge on any atom is 0.148 e. The molecule has 3 aromatic carbocycles. The summed E-state index contributed by atoms with van der Waals surface area (Å²) < 4.78 is 29.2. The number of hydrogen-bond donors (Lipinski definition) is 0. The molecule has 0 spiro atoms. The van der Waals surface area contributed by atoms with Crippen molar-refractivity contribution in [3.05, 3.63) is 113 Å². The Morgan fingerprint density at radius 3 is 2.46 bits per heavy atom. The second-order valence-electron chi connectivity index (χ2n) is 10.6. The molecule has 0 saturated carbocycles. The summed E-state index contributed by atoms with van der Waals surface area (Å²) in [6, 6.07) is 29.6. The van der Waals surface area contributed by atoms with E-state index in [4.69, 9.17) is 8.53 Å². The molecule has 0 aliphatic carbocycles. The minimum Gasteiger partial charge on any atom is -0.498 e. The number of aryl methyl sites for hydroxylation is 2. The number of fused-ring (bicyclic) bond motifs is 5. The van der Waals surface area contributed by atoms with Crippen LogP contribution in [0.25, 0.3) is 54.7 Å². The first kappa shape index (κ1) is 25.0. The normalized spacial score (nSPS) is 12.7. The molecule has 0 bridgehead atoms. The summed E-state index contributed by atoms with van der Waals surface area (Å²) >= 11 is 1.69. The first-order valence-electron chi connectivity index (χ1n) is 14.5. The Bertz CT molecular complexity index is 2060. The van der Waals surface area contributed by atoms with Gasteiger partial charge in [0.05, 0.1) is 15.3 Å². The summed E-state index contributed by atoms with van der Waals surface area (Å²) in [5.41, 5.74) is 7.54. The van der Waals surface area contributed by atoms with E-state index in [1.54, 1.807) is 29.5 Å². The van der Waals surface area contributed by atoms with E-state index in [9.17, 15) is 0 Å². The van der Waals surface area contributed by atoms with Crippen LogP contribution in [-0.4, -0.2) is 15.0 Å². The quantitative estimate of drug-likeness (QED) is 0.166. The monoisotopic (exact) mass is 735 g/mol. The summed E-state index contributed by atoms with van der Waals surface area (Å²) in [7, 11) is 0. The van der Waals surface area contributed by atoms with Crippen molar-refractivity contribution in [1.29, 1.82) is 0 Å². The maximum absolute atomic E-state index is 7.23. The second-order valence-corrected chi connectivity index (χ2v) is 11.8. The van der Waals surface area contributed by atoms with E-state index in [-0.39, 0.29) is 31.1 Å². The predicted octanol–water partition coefficient (Wildman–Crippen LogP) is 9.52. The van der Waals surface area contributed by atoms with Gasteiger partial charge >= 0.3 is 0 Å². The minimum atomic E-state index is -2.09. The smallest absolute Gasteiger partial charge is 0.148 e. The average molecular weight is 735 g/mol. The number of nitrogens with zero attached hydrogens (tertiary/aromatic N) is 3. The zero-order valence-electron chi connectivity index (χ0n) is 26.1. The average Bonchev–Trinajstić information content (AvgIpc) is 3.57. The largest absolute Gasteiger partial charge is 0.498 e. The van der Waals surface area contributed by atoms with Crippen molar-refractivity contribution >= 4 is 43.5 Å². The third-order valence-corrected chi connectivity index (χ3v) is 7.63. The molecular weight excluding hydrogens is 703 g/mol. The Morgan fingerprint density at radius 1 is 0.878 bits per heavy atom. The molecular formula is C35H29IrN3OS-2. The SMILES string of the molecule is Cc1nc2c(ccc3c4cc[c-]c(-c5cc(C(C)(C)C)ccn5)c4oc32)s1.[2H]C([2H])([2H])c1ccc(-c2[c-]cccc2)nc1.[Ir]. The first-order valence-corrected chi connectivity index (χ1v) is 13.8. The standard InChI is InChI=1S/C23H19N2OS.C12H10N.Ir/c1-13-25-20-19(27-13)9-8-16-15-6-5-7-17(21(15)26-22(16)20)18-12-14(10-11-24-18)23(2,3)4;1-10-7-8-12(13-9-10)11-5-3-2-4-6-11;/h5-6,8-12H,1-4H3;2-5,7-9H,1H3;/q2*-1;/i;1D3;. The molecule has 4 aromatic heterocycles. The van der Waals surface area contributed by atoms with Crippen LogP contribution >= 0.6 is 11.3 Å². The van der Waals surface area contributed by atoms with Crippen LogP contribution in [0.15, 0.2) is 89.6 Å². The van der Waals surface area contributed by atoms with Gasteiger partial charge in [0, 0.05) is 42.0 Å².